The lowest BCUT2D eigenvalue weighted by atomic mass is 10.0. The van der Waals surface area contributed by atoms with Gasteiger partial charge in [0.1, 0.15) is 41.8 Å². The van der Waals surface area contributed by atoms with Gasteiger partial charge in [0.2, 0.25) is 0 Å². The molecule has 0 aliphatic carbocycles. The number of anilines is 1. The summed E-state index contributed by atoms with van der Waals surface area (Å²) < 4.78 is 32.7. The fraction of sp³-hybridized carbons (Fsp3) is 0.147. The molecule has 0 amide bonds. The first-order chi connectivity index (χ1) is 22.4. The maximum Gasteiger partial charge on any atom is 0.328 e. The first kappa shape index (κ1) is 30.7. The number of para-hydroxylation sites is 2. The van der Waals surface area contributed by atoms with Crippen molar-refractivity contribution in [2.45, 2.75) is 19.1 Å². The van der Waals surface area contributed by atoms with Crippen molar-refractivity contribution < 1.29 is 23.4 Å². The number of ether oxygens (including phenoxy) is 3. The zero-order chi connectivity index (χ0) is 32.0. The molecule has 0 aliphatic heterocycles. The highest BCUT2D eigenvalue weighted by Gasteiger charge is 2.25. The highest BCUT2D eigenvalue weighted by molar-refractivity contribution is 9.10. The number of rotatable bonds is 11. The van der Waals surface area contributed by atoms with E-state index < -0.39 is 12.0 Å². The summed E-state index contributed by atoms with van der Waals surface area (Å²) in [5, 5.41) is 7.58. The summed E-state index contributed by atoms with van der Waals surface area (Å²) >= 11 is 3.66. The Morgan fingerprint density at radius 2 is 1.72 bits per heavy atom. The molecule has 6 rings (SSSR count). The number of aromatic nitrogens is 5. The topological polar surface area (TPSA) is 113 Å². The summed E-state index contributed by atoms with van der Waals surface area (Å²) in [7, 11) is 2.94. The highest BCUT2D eigenvalue weighted by Crippen LogP contribution is 2.36. The first-order valence-electron chi connectivity index (χ1n) is 14.2. The number of benzene rings is 3. The molecule has 3 aromatic carbocycles. The summed E-state index contributed by atoms with van der Waals surface area (Å²) in [6.07, 6.45) is 5.11. The second-order valence-electron chi connectivity index (χ2n) is 10.2. The molecule has 10 nitrogen and oxygen atoms in total. The minimum atomic E-state index is -0.819. The van der Waals surface area contributed by atoms with Crippen LogP contribution < -0.4 is 14.8 Å². The average Bonchev–Trinajstić information content (AvgIpc) is 3.44. The molecule has 46 heavy (non-hydrogen) atoms. The molecule has 0 saturated heterocycles. The third-order valence-electron chi connectivity index (χ3n) is 7.30. The number of carbonyl (C=O) groups is 1. The summed E-state index contributed by atoms with van der Waals surface area (Å²) in [6.45, 7) is 0.174. The van der Waals surface area contributed by atoms with E-state index in [1.54, 1.807) is 36.0 Å². The Morgan fingerprint density at radius 1 is 0.957 bits per heavy atom. The van der Waals surface area contributed by atoms with E-state index in [4.69, 9.17) is 14.2 Å². The van der Waals surface area contributed by atoms with Crippen molar-refractivity contribution in [1.82, 2.24) is 24.6 Å². The van der Waals surface area contributed by atoms with Gasteiger partial charge >= 0.3 is 5.97 Å². The predicted octanol–water partition coefficient (Wildman–Crippen LogP) is 6.54. The van der Waals surface area contributed by atoms with Crippen LogP contribution in [0.5, 0.6) is 11.5 Å². The van der Waals surface area contributed by atoms with Crippen LogP contribution in [-0.4, -0.2) is 50.8 Å². The molecule has 0 saturated carbocycles. The molecule has 12 heteroatoms. The highest BCUT2D eigenvalue weighted by atomic mass is 79.9. The molecule has 3 heterocycles. The van der Waals surface area contributed by atoms with Gasteiger partial charge in [0.15, 0.2) is 11.6 Å². The number of nitrogens with zero attached hydrogens (tertiary/aromatic N) is 5. The second kappa shape index (κ2) is 13.7. The van der Waals surface area contributed by atoms with Gasteiger partial charge < -0.3 is 19.5 Å². The zero-order valence-electron chi connectivity index (χ0n) is 24.9. The molecule has 0 radical (unpaired) electrons. The maximum atomic E-state index is 13.6. The fourth-order valence-electron chi connectivity index (χ4n) is 5.03. The Kier molecular flexibility index (Phi) is 9.15. The number of carbonyl (C=O) groups excluding carboxylic acids is 1. The largest absolute Gasteiger partial charge is 0.496 e. The smallest absolute Gasteiger partial charge is 0.328 e. The molecule has 0 fully saturated rings. The Balaban J connectivity index is 1.24. The van der Waals surface area contributed by atoms with E-state index >= 15 is 0 Å². The average molecular weight is 684 g/mol. The fourth-order valence-corrected chi connectivity index (χ4v) is 5.73. The van der Waals surface area contributed by atoms with Crippen molar-refractivity contribution in [2.24, 2.45) is 0 Å². The number of hydrogen-bond acceptors (Lipinski definition) is 9. The molecule has 3 aromatic heterocycles. The summed E-state index contributed by atoms with van der Waals surface area (Å²) in [6, 6.07) is 22.1. The maximum absolute atomic E-state index is 13.6. The van der Waals surface area contributed by atoms with Gasteiger partial charge in [-0.05, 0) is 63.5 Å². The van der Waals surface area contributed by atoms with Crippen molar-refractivity contribution in [3.05, 3.63) is 119 Å². The lowest BCUT2D eigenvalue weighted by Gasteiger charge is -2.19. The van der Waals surface area contributed by atoms with Gasteiger partial charge in [-0.25, -0.2) is 28.7 Å². The first-order valence-corrected chi connectivity index (χ1v) is 15.0. The summed E-state index contributed by atoms with van der Waals surface area (Å²) in [4.78, 5) is 26.6. The minimum absolute atomic E-state index is 0.174. The SMILES string of the molecule is COC(=O)[C@H](Cc1ccccc1OCc1ccnc(-c2ccccc2OC)n1)Nc1ncnn2cc(-c3ccc(F)cc3)c(Br)c12. The van der Waals surface area contributed by atoms with Crippen LogP contribution in [0.4, 0.5) is 10.2 Å². The zero-order valence-corrected chi connectivity index (χ0v) is 26.4. The van der Waals surface area contributed by atoms with E-state index in [1.807, 2.05) is 54.7 Å². The normalized spacial score (nSPS) is 11.7. The number of fused-ring (bicyclic) bond motifs is 1. The number of nitrogens with one attached hydrogen (secondary N) is 1. The van der Waals surface area contributed by atoms with Crippen LogP contribution in [0.15, 0.2) is 102 Å². The minimum Gasteiger partial charge on any atom is -0.496 e. The Morgan fingerprint density at radius 3 is 2.50 bits per heavy atom. The van der Waals surface area contributed by atoms with E-state index in [9.17, 15) is 9.18 Å². The van der Waals surface area contributed by atoms with E-state index in [0.717, 1.165) is 22.3 Å². The monoisotopic (exact) mass is 682 g/mol. The van der Waals surface area contributed by atoms with Crippen LogP contribution in [0.2, 0.25) is 0 Å². The molecule has 0 aliphatic rings. The molecule has 0 spiro atoms. The van der Waals surface area contributed by atoms with Crippen LogP contribution in [0, 0.1) is 5.82 Å². The molecule has 1 N–H and O–H groups in total. The third-order valence-corrected chi connectivity index (χ3v) is 8.10. The van der Waals surface area contributed by atoms with E-state index in [0.29, 0.717) is 38.8 Å². The van der Waals surface area contributed by atoms with Crippen LogP contribution >= 0.6 is 15.9 Å². The van der Waals surface area contributed by atoms with Crippen LogP contribution in [-0.2, 0) is 22.6 Å². The molecular weight excluding hydrogens is 655 g/mol. The van der Waals surface area contributed by atoms with Crippen molar-refractivity contribution in [3.63, 3.8) is 0 Å². The van der Waals surface area contributed by atoms with E-state index in [2.05, 4.69) is 41.3 Å². The lowest BCUT2D eigenvalue weighted by Crippen LogP contribution is -2.33. The van der Waals surface area contributed by atoms with Crippen molar-refractivity contribution in [3.8, 4) is 34.0 Å². The van der Waals surface area contributed by atoms with Crippen LogP contribution in [0.1, 0.15) is 11.3 Å². The molecule has 0 bridgehead atoms. The predicted molar refractivity (Wildman–Crippen MR) is 174 cm³/mol. The lowest BCUT2D eigenvalue weighted by molar-refractivity contribution is -0.141. The van der Waals surface area contributed by atoms with Gasteiger partial charge in [0.05, 0.1) is 29.9 Å². The van der Waals surface area contributed by atoms with Gasteiger partial charge in [-0.3, -0.25) is 0 Å². The van der Waals surface area contributed by atoms with Crippen LogP contribution in [0.25, 0.3) is 28.0 Å². The number of hydrogen-bond donors (Lipinski definition) is 1. The molecular formula is C34H28BrFN6O4. The van der Waals surface area contributed by atoms with Gasteiger partial charge in [-0.1, -0.05) is 42.5 Å². The standard InChI is InChI=1S/C34H28BrFN6O4/c1-44-29-10-6-4-8-25(29)32-37-16-15-24(40-32)19-46-28-9-5-3-7-22(28)17-27(34(43)45-2)41-33-31-30(35)26(18-42(31)39-20-38-33)21-11-13-23(36)14-12-21/h3-16,18,20,27H,17,19H2,1-2H3,(H,38,39,41)/t27-/m0/s1. The van der Waals surface area contributed by atoms with Gasteiger partial charge in [0, 0.05) is 24.4 Å². The summed E-state index contributed by atoms with van der Waals surface area (Å²) in [5.41, 5.74) is 4.41. The Hall–Kier alpha value is -5.36. The molecule has 6 aromatic rings. The molecule has 0 unspecified atom stereocenters. The van der Waals surface area contributed by atoms with Crippen molar-refractivity contribution in [1.29, 1.82) is 0 Å². The van der Waals surface area contributed by atoms with E-state index in [-0.39, 0.29) is 18.8 Å². The Labute approximate surface area is 272 Å². The van der Waals surface area contributed by atoms with Crippen molar-refractivity contribution >= 4 is 33.2 Å². The van der Waals surface area contributed by atoms with Crippen molar-refractivity contribution in [2.75, 3.05) is 19.5 Å². The molecule has 232 valence electrons. The Bertz CT molecular complexity index is 2000. The van der Waals surface area contributed by atoms with Gasteiger partial charge in [-0.15, -0.1) is 0 Å². The van der Waals surface area contributed by atoms with Crippen LogP contribution in [0.3, 0.4) is 0 Å². The summed E-state index contributed by atoms with van der Waals surface area (Å²) in [5.74, 6) is 1.39. The van der Waals surface area contributed by atoms with Gasteiger partial charge in [0.25, 0.3) is 0 Å². The third kappa shape index (κ3) is 6.52. The molecule has 1 atom stereocenters. The number of esters is 1. The van der Waals surface area contributed by atoms with E-state index in [1.165, 1.54) is 25.6 Å². The quantitative estimate of drug-likeness (QED) is 0.152. The number of methoxy groups -OCH3 is 2. The second-order valence-corrected chi connectivity index (χ2v) is 11.0. The van der Waals surface area contributed by atoms with Gasteiger partial charge in [-0.2, -0.15) is 5.10 Å². The number of halogens is 2.